The summed E-state index contributed by atoms with van der Waals surface area (Å²) in [5.41, 5.74) is 2.37. The van der Waals surface area contributed by atoms with E-state index in [1.807, 2.05) is 38.1 Å². The highest BCUT2D eigenvalue weighted by Crippen LogP contribution is 2.33. The first-order valence-corrected chi connectivity index (χ1v) is 13.2. The Balaban J connectivity index is 1.40. The number of aryl methyl sites for hydroxylation is 1. The summed E-state index contributed by atoms with van der Waals surface area (Å²) in [5, 5.41) is 9.95. The van der Waals surface area contributed by atoms with Crippen molar-refractivity contribution < 1.29 is 23.8 Å². The highest BCUT2D eigenvalue weighted by Gasteiger charge is 2.35. The van der Waals surface area contributed by atoms with Crippen molar-refractivity contribution in [2.24, 2.45) is 5.92 Å². The molecule has 1 aliphatic carbocycles. The van der Waals surface area contributed by atoms with Crippen molar-refractivity contribution in [1.82, 2.24) is 9.88 Å². The van der Waals surface area contributed by atoms with E-state index in [9.17, 15) is 14.7 Å². The van der Waals surface area contributed by atoms with Crippen LogP contribution in [-0.2, 0) is 22.4 Å². The number of aliphatic carboxylic acids is 1. The van der Waals surface area contributed by atoms with Gasteiger partial charge in [0.05, 0.1) is 12.3 Å². The molecule has 2 aliphatic rings. The zero-order chi connectivity index (χ0) is 26.2. The summed E-state index contributed by atoms with van der Waals surface area (Å²) in [6.07, 6.45) is 18.3. The molecule has 1 aromatic heterocycles. The quantitative estimate of drug-likeness (QED) is 0.341. The minimum atomic E-state index is -1.06. The third kappa shape index (κ3) is 6.79. The van der Waals surface area contributed by atoms with Gasteiger partial charge in [-0.15, -0.1) is 0 Å². The summed E-state index contributed by atoms with van der Waals surface area (Å²) in [6.45, 7) is 4.50. The van der Waals surface area contributed by atoms with E-state index in [1.165, 1.54) is 43.1 Å². The number of carboxylic acid groups (broad SMARTS) is 1. The Bertz CT molecular complexity index is 1190. The minimum Gasteiger partial charge on any atom is -0.493 e. The van der Waals surface area contributed by atoms with E-state index in [0.29, 0.717) is 49.1 Å². The van der Waals surface area contributed by atoms with Gasteiger partial charge in [0.2, 0.25) is 11.8 Å². The average molecular weight is 505 g/mol. The number of oxazole rings is 1. The van der Waals surface area contributed by atoms with Crippen LogP contribution in [-0.4, -0.2) is 40.0 Å². The van der Waals surface area contributed by atoms with Crippen LogP contribution in [0.2, 0.25) is 0 Å². The van der Waals surface area contributed by atoms with E-state index in [2.05, 4.69) is 11.1 Å². The lowest BCUT2D eigenvalue weighted by Gasteiger charge is -2.34. The van der Waals surface area contributed by atoms with Crippen molar-refractivity contribution in [3.05, 3.63) is 77.1 Å². The summed E-state index contributed by atoms with van der Waals surface area (Å²) < 4.78 is 11.8. The predicted molar refractivity (Wildman–Crippen MR) is 142 cm³/mol. The molecular weight excluding hydrogens is 468 g/mol. The van der Waals surface area contributed by atoms with Gasteiger partial charge >= 0.3 is 5.97 Å². The largest absolute Gasteiger partial charge is 0.493 e. The number of rotatable bonds is 9. The predicted octanol–water partition coefficient (Wildman–Crippen LogP) is 5.84. The number of amides is 1. The fraction of sp³-hybridized carbons (Fsp3) is 0.433. The van der Waals surface area contributed by atoms with Gasteiger partial charge in [-0.1, -0.05) is 49.6 Å². The summed E-state index contributed by atoms with van der Waals surface area (Å²) in [6, 6.07) is 4.45. The maximum atomic E-state index is 12.7. The second-order valence-electron chi connectivity index (χ2n) is 9.68. The molecule has 7 nitrogen and oxygen atoms in total. The molecule has 0 saturated heterocycles. The molecule has 2 aromatic rings. The number of carbonyl (C=O) groups excluding carboxylic acids is 1. The molecule has 4 rings (SSSR count). The molecule has 0 radical (unpaired) electrons. The lowest BCUT2D eigenvalue weighted by molar-refractivity contribution is -0.149. The zero-order valence-electron chi connectivity index (χ0n) is 21.7. The van der Waals surface area contributed by atoms with E-state index < -0.39 is 12.0 Å². The van der Waals surface area contributed by atoms with E-state index in [4.69, 9.17) is 9.15 Å². The zero-order valence-corrected chi connectivity index (χ0v) is 21.7. The number of hydrogen-bond acceptors (Lipinski definition) is 5. The van der Waals surface area contributed by atoms with Crippen molar-refractivity contribution in [1.29, 1.82) is 0 Å². The van der Waals surface area contributed by atoms with Gasteiger partial charge in [0.25, 0.3) is 0 Å². The molecule has 1 fully saturated rings. The number of carbonyl (C=O) groups is 2. The second kappa shape index (κ2) is 12.6. The van der Waals surface area contributed by atoms with Gasteiger partial charge in [0, 0.05) is 19.0 Å². The van der Waals surface area contributed by atoms with Gasteiger partial charge in [-0.2, -0.15) is 0 Å². The van der Waals surface area contributed by atoms with Crippen LogP contribution in [0.4, 0.5) is 0 Å². The fourth-order valence-corrected chi connectivity index (χ4v) is 5.10. The Morgan fingerprint density at radius 2 is 2.03 bits per heavy atom. The molecule has 1 aromatic carbocycles. The number of benzene rings is 1. The number of hydrogen-bond donors (Lipinski definition) is 1. The number of carboxylic acids is 1. The lowest BCUT2D eigenvalue weighted by Crippen LogP contribution is -2.42. The third-order valence-corrected chi connectivity index (χ3v) is 7.08. The SMILES string of the molecule is C/C=C/C=C/C(=O)N1CCc2ccc(OCCc3nc(/C=C/C4CCCCC4)oc3C)cc2C1C(=O)O. The smallest absolute Gasteiger partial charge is 0.331 e. The Morgan fingerprint density at radius 3 is 2.78 bits per heavy atom. The van der Waals surface area contributed by atoms with E-state index in [-0.39, 0.29) is 5.91 Å². The molecule has 0 spiro atoms. The Labute approximate surface area is 218 Å². The van der Waals surface area contributed by atoms with Gasteiger partial charge in [0.1, 0.15) is 11.5 Å². The molecule has 2 heterocycles. The van der Waals surface area contributed by atoms with Gasteiger partial charge in [-0.3, -0.25) is 4.79 Å². The number of ether oxygens (including phenoxy) is 1. The summed E-state index contributed by atoms with van der Waals surface area (Å²) in [7, 11) is 0. The normalized spacial score (nSPS) is 18.6. The standard InChI is InChI=1S/C30H36N2O5/c1-3-4-6-11-28(33)32-18-16-23-13-14-24(20-25(23)29(32)30(34)35)36-19-17-26-21(2)37-27(31-26)15-12-22-9-7-5-8-10-22/h3-4,6,11-15,20,22,29H,5,7-10,16-19H2,1-2H3,(H,34,35)/b4-3+,11-6+,15-12+. The van der Waals surface area contributed by atoms with E-state index in [0.717, 1.165) is 17.0 Å². The Morgan fingerprint density at radius 1 is 1.22 bits per heavy atom. The second-order valence-corrected chi connectivity index (χ2v) is 9.68. The molecule has 0 bridgehead atoms. The van der Waals surface area contributed by atoms with Crippen LogP contribution in [0.5, 0.6) is 5.75 Å². The van der Waals surface area contributed by atoms with E-state index in [1.54, 1.807) is 18.2 Å². The first kappa shape index (κ1) is 26.5. The molecule has 1 amide bonds. The average Bonchev–Trinajstić information content (AvgIpc) is 3.26. The number of nitrogens with zero attached hydrogens (tertiary/aromatic N) is 2. The van der Waals surface area contributed by atoms with Crippen LogP contribution >= 0.6 is 0 Å². The van der Waals surface area contributed by atoms with Gasteiger partial charge < -0.3 is 19.2 Å². The van der Waals surface area contributed by atoms with Crippen LogP contribution in [0.25, 0.3) is 6.08 Å². The Kier molecular flexibility index (Phi) is 8.99. The minimum absolute atomic E-state index is 0.322. The van der Waals surface area contributed by atoms with Crippen molar-refractivity contribution >= 4 is 18.0 Å². The molecule has 1 unspecified atom stereocenters. The van der Waals surface area contributed by atoms with Gasteiger partial charge in [0.15, 0.2) is 6.04 Å². The monoisotopic (exact) mass is 504 g/mol. The molecule has 7 heteroatoms. The molecule has 1 aliphatic heterocycles. The van der Waals surface area contributed by atoms with E-state index >= 15 is 0 Å². The molecule has 1 N–H and O–H groups in total. The lowest BCUT2D eigenvalue weighted by atomic mass is 9.89. The molecule has 1 saturated carbocycles. The van der Waals surface area contributed by atoms with Crippen molar-refractivity contribution in [3.8, 4) is 5.75 Å². The Hall–Kier alpha value is -3.61. The first-order chi connectivity index (χ1) is 18.0. The first-order valence-electron chi connectivity index (χ1n) is 13.2. The number of aromatic nitrogens is 1. The van der Waals surface area contributed by atoms with Gasteiger partial charge in [-0.05, 0) is 68.4 Å². The number of allylic oxidation sites excluding steroid dienone is 4. The molecular formula is C30H36N2O5. The van der Waals surface area contributed by atoms with Crippen molar-refractivity contribution in [2.75, 3.05) is 13.2 Å². The summed E-state index contributed by atoms with van der Waals surface area (Å²) >= 11 is 0. The molecule has 37 heavy (non-hydrogen) atoms. The topological polar surface area (TPSA) is 92.9 Å². The highest BCUT2D eigenvalue weighted by atomic mass is 16.5. The fourth-order valence-electron chi connectivity index (χ4n) is 5.10. The van der Waals surface area contributed by atoms with Crippen LogP contribution in [0, 0.1) is 12.8 Å². The molecule has 1 atom stereocenters. The van der Waals surface area contributed by atoms with Crippen LogP contribution in [0.1, 0.15) is 73.5 Å². The van der Waals surface area contributed by atoms with Crippen LogP contribution < -0.4 is 4.74 Å². The summed E-state index contributed by atoms with van der Waals surface area (Å²) in [4.78, 5) is 30.9. The van der Waals surface area contributed by atoms with Gasteiger partial charge in [-0.25, -0.2) is 9.78 Å². The number of fused-ring (bicyclic) bond motifs is 1. The highest BCUT2D eigenvalue weighted by molar-refractivity contribution is 5.92. The van der Waals surface area contributed by atoms with Crippen molar-refractivity contribution in [3.63, 3.8) is 0 Å². The molecule has 196 valence electrons. The third-order valence-electron chi connectivity index (χ3n) is 7.08. The van der Waals surface area contributed by atoms with Crippen LogP contribution in [0.15, 0.2) is 53.0 Å². The summed E-state index contributed by atoms with van der Waals surface area (Å²) in [5.74, 6) is 1.21. The van der Waals surface area contributed by atoms with Crippen LogP contribution in [0.3, 0.4) is 0 Å². The maximum absolute atomic E-state index is 12.7. The van der Waals surface area contributed by atoms with Crippen molar-refractivity contribution in [2.45, 2.75) is 64.8 Å². The maximum Gasteiger partial charge on any atom is 0.331 e.